The van der Waals surface area contributed by atoms with Crippen LogP contribution in [0.4, 0.5) is 0 Å². The Balaban J connectivity index is 1.39. The van der Waals surface area contributed by atoms with E-state index in [-0.39, 0.29) is 11.0 Å². The van der Waals surface area contributed by atoms with Gasteiger partial charge < -0.3 is 10.1 Å². The molecule has 5 nitrogen and oxygen atoms in total. The van der Waals surface area contributed by atoms with Crippen LogP contribution in [-0.4, -0.2) is 34.5 Å². The van der Waals surface area contributed by atoms with Gasteiger partial charge in [0.2, 0.25) is 0 Å². The summed E-state index contributed by atoms with van der Waals surface area (Å²) in [6.45, 7) is 9.61. The highest BCUT2D eigenvalue weighted by molar-refractivity contribution is 7.12. The normalized spacial score (nSPS) is 18.3. The van der Waals surface area contributed by atoms with E-state index in [1.165, 1.54) is 20.9 Å². The quantitative estimate of drug-likeness (QED) is 0.653. The van der Waals surface area contributed by atoms with Gasteiger partial charge in [-0.15, -0.1) is 11.3 Å². The van der Waals surface area contributed by atoms with Crippen LogP contribution in [0.5, 0.6) is 0 Å². The van der Waals surface area contributed by atoms with E-state index in [2.05, 4.69) is 56.4 Å². The molecular weight excluding hydrogens is 404 g/mol. The molecule has 0 saturated carbocycles. The molecule has 2 aliphatic rings. The standard InChI is InChI=1S/C25H32N4OS/c1-24(2,3)19-7-5-17(6-8-19)23-27-21(28-29(23)4)16-20-15-18-9-14-30-25(22(18)31-20)10-12-26-13-11-25/h5-8,15,26H,9-14,16H2,1-4H3. The average Bonchev–Trinajstić information content (AvgIpc) is 3.32. The van der Waals surface area contributed by atoms with E-state index in [1.54, 1.807) is 0 Å². The third kappa shape index (κ3) is 3.97. The lowest BCUT2D eigenvalue weighted by Crippen LogP contribution is -2.43. The lowest BCUT2D eigenvalue weighted by Gasteiger charge is -2.40. The molecule has 31 heavy (non-hydrogen) atoms. The van der Waals surface area contributed by atoms with E-state index in [0.717, 1.165) is 62.6 Å². The van der Waals surface area contributed by atoms with Crippen LogP contribution < -0.4 is 5.32 Å². The fourth-order valence-corrected chi connectivity index (χ4v) is 6.21. The van der Waals surface area contributed by atoms with Gasteiger partial charge in [0.05, 0.1) is 6.61 Å². The van der Waals surface area contributed by atoms with Gasteiger partial charge in [-0.1, -0.05) is 45.0 Å². The van der Waals surface area contributed by atoms with Crippen molar-refractivity contribution >= 4 is 11.3 Å². The molecule has 0 bridgehead atoms. The number of hydrogen-bond donors (Lipinski definition) is 1. The van der Waals surface area contributed by atoms with Crippen LogP contribution in [0.25, 0.3) is 11.4 Å². The van der Waals surface area contributed by atoms with Crippen LogP contribution in [0.3, 0.4) is 0 Å². The Morgan fingerprint density at radius 2 is 1.90 bits per heavy atom. The molecule has 2 aromatic heterocycles. The molecule has 0 radical (unpaired) electrons. The van der Waals surface area contributed by atoms with Crippen molar-refractivity contribution in [3.8, 4) is 11.4 Å². The first-order valence-electron chi connectivity index (χ1n) is 11.3. The summed E-state index contributed by atoms with van der Waals surface area (Å²) in [6, 6.07) is 11.1. The lowest BCUT2D eigenvalue weighted by molar-refractivity contribution is -0.0771. The summed E-state index contributed by atoms with van der Waals surface area (Å²) in [5.74, 6) is 1.81. The topological polar surface area (TPSA) is 52.0 Å². The minimum atomic E-state index is -0.0702. The number of aromatic nitrogens is 3. The van der Waals surface area contributed by atoms with Gasteiger partial charge in [-0.05, 0) is 55.0 Å². The molecular formula is C25H32N4OS. The van der Waals surface area contributed by atoms with E-state index in [9.17, 15) is 0 Å². The Hall–Kier alpha value is -2.02. The molecule has 3 aromatic rings. The monoisotopic (exact) mass is 436 g/mol. The molecule has 164 valence electrons. The van der Waals surface area contributed by atoms with Gasteiger partial charge in [0.15, 0.2) is 11.6 Å². The SMILES string of the molecule is Cn1nc(Cc2cc3c(s2)C2(CCNCC2)OCC3)nc1-c1ccc(C(C)(C)C)cc1. The van der Waals surface area contributed by atoms with Gasteiger partial charge in [-0.2, -0.15) is 5.10 Å². The molecule has 1 aromatic carbocycles. The third-order valence-corrected chi connectivity index (χ3v) is 7.95. The van der Waals surface area contributed by atoms with Crippen molar-refractivity contribution in [2.45, 2.75) is 57.5 Å². The number of thiophene rings is 1. The number of piperidine rings is 1. The van der Waals surface area contributed by atoms with Gasteiger partial charge in [0.1, 0.15) is 5.60 Å². The highest BCUT2D eigenvalue weighted by Crippen LogP contribution is 2.44. The zero-order valence-corrected chi connectivity index (χ0v) is 19.8. The summed E-state index contributed by atoms with van der Waals surface area (Å²) >= 11 is 1.91. The second-order valence-corrected chi connectivity index (χ2v) is 11.0. The first kappa shape index (κ1) is 20.9. The maximum Gasteiger partial charge on any atom is 0.158 e. The Morgan fingerprint density at radius 1 is 1.16 bits per heavy atom. The molecule has 4 heterocycles. The second kappa shape index (κ2) is 7.84. The van der Waals surface area contributed by atoms with E-state index in [4.69, 9.17) is 14.8 Å². The van der Waals surface area contributed by atoms with E-state index >= 15 is 0 Å². The van der Waals surface area contributed by atoms with Crippen molar-refractivity contribution in [1.29, 1.82) is 0 Å². The minimum absolute atomic E-state index is 0.0702. The molecule has 0 unspecified atom stereocenters. The Labute approximate surface area is 188 Å². The fraction of sp³-hybridized carbons (Fsp3) is 0.520. The molecule has 1 spiro atoms. The predicted octanol–water partition coefficient (Wildman–Crippen LogP) is 4.58. The number of ether oxygens (including phenoxy) is 1. The highest BCUT2D eigenvalue weighted by atomic mass is 32.1. The van der Waals surface area contributed by atoms with Crippen molar-refractivity contribution in [3.05, 3.63) is 57.0 Å². The minimum Gasteiger partial charge on any atom is -0.369 e. The number of nitrogens with zero attached hydrogens (tertiary/aromatic N) is 3. The van der Waals surface area contributed by atoms with Crippen LogP contribution in [0, 0.1) is 0 Å². The number of rotatable bonds is 3. The number of aryl methyl sites for hydroxylation is 1. The van der Waals surface area contributed by atoms with Crippen molar-refractivity contribution in [3.63, 3.8) is 0 Å². The van der Waals surface area contributed by atoms with E-state index < -0.39 is 0 Å². The van der Waals surface area contributed by atoms with Crippen molar-refractivity contribution in [1.82, 2.24) is 20.1 Å². The molecule has 0 aliphatic carbocycles. The zero-order chi connectivity index (χ0) is 21.6. The number of nitrogens with one attached hydrogen (secondary N) is 1. The summed E-state index contributed by atoms with van der Waals surface area (Å²) in [4.78, 5) is 7.68. The van der Waals surface area contributed by atoms with E-state index in [0.29, 0.717) is 0 Å². The molecule has 5 rings (SSSR count). The van der Waals surface area contributed by atoms with E-state index in [1.807, 2.05) is 23.1 Å². The summed E-state index contributed by atoms with van der Waals surface area (Å²) in [7, 11) is 1.99. The molecule has 1 saturated heterocycles. The zero-order valence-electron chi connectivity index (χ0n) is 19.0. The fourth-order valence-electron chi connectivity index (χ4n) is 4.81. The van der Waals surface area contributed by atoms with Crippen LogP contribution in [-0.2, 0) is 35.6 Å². The van der Waals surface area contributed by atoms with Gasteiger partial charge in [0.25, 0.3) is 0 Å². The van der Waals surface area contributed by atoms with Crippen molar-refractivity contribution < 1.29 is 4.74 Å². The van der Waals surface area contributed by atoms with Gasteiger partial charge in [-0.3, -0.25) is 0 Å². The van der Waals surface area contributed by atoms with Crippen LogP contribution in [0.15, 0.2) is 30.3 Å². The molecule has 0 atom stereocenters. The summed E-state index contributed by atoms with van der Waals surface area (Å²) in [5, 5.41) is 8.21. The number of fused-ring (bicyclic) bond motifs is 2. The largest absolute Gasteiger partial charge is 0.369 e. The molecule has 2 aliphatic heterocycles. The first-order chi connectivity index (χ1) is 14.8. The number of benzene rings is 1. The van der Waals surface area contributed by atoms with Crippen molar-refractivity contribution in [2.24, 2.45) is 7.05 Å². The lowest BCUT2D eigenvalue weighted by atomic mass is 9.86. The molecule has 0 amide bonds. The smallest absolute Gasteiger partial charge is 0.158 e. The van der Waals surface area contributed by atoms with Crippen LogP contribution in [0.1, 0.15) is 60.3 Å². The second-order valence-electron chi connectivity index (χ2n) is 9.89. The summed E-state index contributed by atoms with van der Waals surface area (Å²) < 4.78 is 8.26. The maximum atomic E-state index is 6.35. The molecule has 1 fully saturated rings. The third-order valence-electron chi connectivity index (χ3n) is 6.58. The Morgan fingerprint density at radius 3 is 2.61 bits per heavy atom. The van der Waals surface area contributed by atoms with Crippen LogP contribution >= 0.6 is 11.3 Å². The highest BCUT2D eigenvalue weighted by Gasteiger charge is 2.40. The van der Waals surface area contributed by atoms with Gasteiger partial charge in [0, 0.05) is 28.8 Å². The molecule has 6 heteroatoms. The summed E-state index contributed by atoms with van der Waals surface area (Å²) in [5.41, 5.74) is 4.00. The average molecular weight is 437 g/mol. The number of hydrogen-bond acceptors (Lipinski definition) is 5. The van der Waals surface area contributed by atoms with Crippen LogP contribution in [0.2, 0.25) is 0 Å². The van der Waals surface area contributed by atoms with Gasteiger partial charge in [-0.25, -0.2) is 9.67 Å². The Bertz CT molecular complexity index is 1070. The van der Waals surface area contributed by atoms with Crippen molar-refractivity contribution in [2.75, 3.05) is 19.7 Å². The van der Waals surface area contributed by atoms with Gasteiger partial charge >= 0.3 is 0 Å². The first-order valence-corrected chi connectivity index (χ1v) is 12.1. The predicted molar refractivity (Wildman–Crippen MR) is 126 cm³/mol. The maximum absolute atomic E-state index is 6.35. The molecule has 1 N–H and O–H groups in total. The Kier molecular flexibility index (Phi) is 5.27. The summed E-state index contributed by atoms with van der Waals surface area (Å²) in [6.07, 6.45) is 3.93.